The van der Waals surface area contributed by atoms with Gasteiger partial charge in [0.1, 0.15) is 11.0 Å². The zero-order chi connectivity index (χ0) is 13.9. The highest BCUT2D eigenvalue weighted by molar-refractivity contribution is 7.89. The van der Waals surface area contributed by atoms with Crippen LogP contribution in [0.1, 0.15) is 38.3 Å². The molecule has 0 spiro atoms. The Kier molecular flexibility index (Phi) is 4.17. The molecule has 2 heterocycles. The van der Waals surface area contributed by atoms with Gasteiger partial charge in [0.05, 0.1) is 0 Å². The van der Waals surface area contributed by atoms with E-state index in [1.54, 1.807) is 6.07 Å². The second-order valence-electron chi connectivity index (χ2n) is 4.64. The van der Waals surface area contributed by atoms with Gasteiger partial charge >= 0.3 is 0 Å². The van der Waals surface area contributed by atoms with Crippen molar-refractivity contribution in [2.45, 2.75) is 43.5 Å². The van der Waals surface area contributed by atoms with E-state index >= 15 is 0 Å². The summed E-state index contributed by atoms with van der Waals surface area (Å²) in [5.41, 5.74) is -0.0251. The molecule has 1 atom stereocenters. The van der Waals surface area contributed by atoms with E-state index in [0.29, 0.717) is 6.54 Å². The molecule has 1 fully saturated rings. The van der Waals surface area contributed by atoms with Crippen LogP contribution in [0.15, 0.2) is 23.2 Å². The number of hydrogen-bond acceptors (Lipinski definition) is 4. The SMILES string of the molecule is CCC1CCCCN1S(=O)(=O)c1cccnc1C#N. The molecule has 0 aliphatic carbocycles. The minimum absolute atomic E-state index is 0.0251. The molecule has 1 unspecified atom stereocenters. The molecule has 1 aromatic heterocycles. The first kappa shape index (κ1) is 14.0. The summed E-state index contributed by atoms with van der Waals surface area (Å²) < 4.78 is 26.9. The van der Waals surface area contributed by atoms with Crippen molar-refractivity contribution in [1.29, 1.82) is 5.26 Å². The fourth-order valence-corrected chi connectivity index (χ4v) is 4.37. The molecule has 1 aromatic rings. The van der Waals surface area contributed by atoms with Crippen LogP contribution in [-0.4, -0.2) is 30.3 Å². The molecule has 1 aliphatic rings. The third-order valence-electron chi connectivity index (χ3n) is 3.51. The lowest BCUT2D eigenvalue weighted by molar-refractivity contribution is 0.246. The molecule has 102 valence electrons. The zero-order valence-corrected chi connectivity index (χ0v) is 11.7. The van der Waals surface area contributed by atoms with Crippen LogP contribution in [0.25, 0.3) is 0 Å². The number of aromatic nitrogens is 1. The average Bonchev–Trinajstić information content (AvgIpc) is 2.47. The van der Waals surface area contributed by atoms with Crippen LogP contribution in [0.4, 0.5) is 0 Å². The largest absolute Gasteiger partial charge is 0.246 e. The van der Waals surface area contributed by atoms with Crippen molar-refractivity contribution in [2.75, 3.05) is 6.54 Å². The quantitative estimate of drug-likeness (QED) is 0.847. The molecule has 0 bridgehead atoms. The molecular formula is C13H17N3O2S. The van der Waals surface area contributed by atoms with Gasteiger partial charge in [-0.05, 0) is 31.4 Å². The summed E-state index contributed by atoms with van der Waals surface area (Å²) in [5, 5.41) is 9.01. The number of nitriles is 1. The Morgan fingerprint density at radius 1 is 1.53 bits per heavy atom. The van der Waals surface area contributed by atoms with Gasteiger partial charge in [-0.1, -0.05) is 13.3 Å². The molecule has 1 saturated heterocycles. The van der Waals surface area contributed by atoms with Gasteiger partial charge < -0.3 is 0 Å². The van der Waals surface area contributed by atoms with Crippen molar-refractivity contribution in [3.8, 4) is 6.07 Å². The minimum Gasteiger partial charge on any atom is -0.244 e. The third-order valence-corrected chi connectivity index (χ3v) is 5.49. The average molecular weight is 279 g/mol. The number of rotatable bonds is 3. The lowest BCUT2D eigenvalue weighted by Gasteiger charge is -2.34. The molecule has 6 heteroatoms. The normalized spacial score (nSPS) is 20.9. The van der Waals surface area contributed by atoms with E-state index in [2.05, 4.69) is 4.98 Å². The fourth-order valence-electron chi connectivity index (χ4n) is 2.51. The van der Waals surface area contributed by atoms with E-state index in [-0.39, 0.29) is 16.6 Å². The second-order valence-corrected chi connectivity index (χ2v) is 6.49. The molecule has 0 amide bonds. The Hall–Kier alpha value is -1.45. The van der Waals surface area contributed by atoms with Crippen LogP contribution in [0.3, 0.4) is 0 Å². The maximum atomic E-state index is 12.7. The summed E-state index contributed by atoms with van der Waals surface area (Å²) in [7, 11) is -3.62. The second kappa shape index (κ2) is 5.68. The van der Waals surface area contributed by atoms with Crippen LogP contribution in [-0.2, 0) is 10.0 Å². The lowest BCUT2D eigenvalue weighted by atomic mass is 10.0. The third kappa shape index (κ3) is 2.62. The first-order valence-electron chi connectivity index (χ1n) is 6.48. The van der Waals surface area contributed by atoms with Gasteiger partial charge in [0.15, 0.2) is 5.69 Å². The topological polar surface area (TPSA) is 74.1 Å². The molecule has 0 radical (unpaired) electrons. The molecule has 5 nitrogen and oxygen atoms in total. The van der Waals surface area contributed by atoms with E-state index in [0.717, 1.165) is 25.7 Å². The Balaban J connectivity index is 2.44. The highest BCUT2D eigenvalue weighted by atomic mass is 32.2. The van der Waals surface area contributed by atoms with Gasteiger partial charge in [-0.3, -0.25) is 0 Å². The summed E-state index contributed by atoms with van der Waals surface area (Å²) in [4.78, 5) is 3.87. The maximum Gasteiger partial charge on any atom is 0.246 e. The predicted octanol–water partition coefficient (Wildman–Crippen LogP) is 1.91. The van der Waals surface area contributed by atoms with Crippen molar-refractivity contribution in [3.05, 3.63) is 24.0 Å². The van der Waals surface area contributed by atoms with Gasteiger partial charge in [-0.15, -0.1) is 0 Å². The van der Waals surface area contributed by atoms with Crippen molar-refractivity contribution >= 4 is 10.0 Å². The number of piperidine rings is 1. The molecule has 19 heavy (non-hydrogen) atoms. The van der Waals surface area contributed by atoms with Crippen molar-refractivity contribution in [3.63, 3.8) is 0 Å². The van der Waals surface area contributed by atoms with E-state index in [9.17, 15) is 8.42 Å². The highest BCUT2D eigenvalue weighted by Crippen LogP contribution is 2.27. The summed E-state index contributed by atoms with van der Waals surface area (Å²) in [6, 6.07) is 4.90. The summed E-state index contributed by atoms with van der Waals surface area (Å²) in [6.07, 6.45) is 5.05. The molecule has 0 saturated carbocycles. The number of nitrogens with zero attached hydrogens (tertiary/aromatic N) is 3. The van der Waals surface area contributed by atoms with Crippen LogP contribution in [0.2, 0.25) is 0 Å². The maximum absolute atomic E-state index is 12.7. The number of pyridine rings is 1. The van der Waals surface area contributed by atoms with Crippen molar-refractivity contribution in [1.82, 2.24) is 9.29 Å². The van der Waals surface area contributed by atoms with Crippen LogP contribution < -0.4 is 0 Å². The monoisotopic (exact) mass is 279 g/mol. The molecule has 1 aliphatic heterocycles. The zero-order valence-electron chi connectivity index (χ0n) is 10.9. The molecular weight excluding hydrogens is 262 g/mol. The predicted molar refractivity (Wildman–Crippen MR) is 70.8 cm³/mol. The lowest BCUT2D eigenvalue weighted by Crippen LogP contribution is -2.43. The standard InChI is InChI=1S/C13H17N3O2S/c1-2-11-6-3-4-9-16(11)19(17,18)13-7-5-8-15-12(13)10-14/h5,7-8,11H,2-4,6,9H2,1H3. The molecule has 0 aromatic carbocycles. The summed E-state index contributed by atoms with van der Waals surface area (Å²) in [5.74, 6) is 0. The highest BCUT2D eigenvalue weighted by Gasteiger charge is 2.34. The Bertz CT molecular complexity index is 592. The summed E-state index contributed by atoms with van der Waals surface area (Å²) >= 11 is 0. The van der Waals surface area contributed by atoms with Crippen LogP contribution in [0, 0.1) is 11.3 Å². The fraction of sp³-hybridized carbons (Fsp3) is 0.538. The first-order valence-corrected chi connectivity index (χ1v) is 7.92. The van der Waals surface area contributed by atoms with Gasteiger partial charge in [0.25, 0.3) is 0 Å². The summed E-state index contributed by atoms with van der Waals surface area (Å²) in [6.45, 7) is 2.52. The van der Waals surface area contributed by atoms with Gasteiger partial charge in [-0.2, -0.15) is 9.57 Å². The molecule has 2 rings (SSSR count). The van der Waals surface area contributed by atoms with E-state index in [1.165, 1.54) is 16.6 Å². The van der Waals surface area contributed by atoms with Crippen molar-refractivity contribution < 1.29 is 8.42 Å². The van der Waals surface area contributed by atoms with E-state index in [4.69, 9.17) is 5.26 Å². The van der Waals surface area contributed by atoms with E-state index < -0.39 is 10.0 Å². The number of sulfonamides is 1. The van der Waals surface area contributed by atoms with Crippen molar-refractivity contribution in [2.24, 2.45) is 0 Å². The molecule has 0 N–H and O–H groups in total. The van der Waals surface area contributed by atoms with Crippen LogP contribution >= 0.6 is 0 Å². The van der Waals surface area contributed by atoms with Crippen LogP contribution in [0.5, 0.6) is 0 Å². The smallest absolute Gasteiger partial charge is 0.244 e. The van der Waals surface area contributed by atoms with E-state index in [1.807, 2.05) is 13.0 Å². The Morgan fingerprint density at radius 3 is 3.00 bits per heavy atom. The first-order chi connectivity index (χ1) is 9.11. The minimum atomic E-state index is -3.62. The Morgan fingerprint density at radius 2 is 2.32 bits per heavy atom. The number of hydrogen-bond donors (Lipinski definition) is 0. The Labute approximate surface area is 113 Å². The van der Waals surface area contributed by atoms with Gasteiger partial charge in [0, 0.05) is 18.8 Å². The van der Waals surface area contributed by atoms with Gasteiger partial charge in [0.2, 0.25) is 10.0 Å². The van der Waals surface area contributed by atoms with Gasteiger partial charge in [-0.25, -0.2) is 13.4 Å².